The van der Waals surface area contributed by atoms with Gasteiger partial charge in [-0.3, -0.25) is 29.7 Å². The third-order valence-corrected chi connectivity index (χ3v) is 4.42. The molecule has 0 bridgehead atoms. The lowest BCUT2D eigenvalue weighted by molar-refractivity contribution is -0.385. The topological polar surface area (TPSA) is 164 Å². The zero-order valence-electron chi connectivity index (χ0n) is 16.2. The second kappa shape index (κ2) is 8.51. The van der Waals surface area contributed by atoms with Gasteiger partial charge in [0, 0.05) is 12.1 Å². The summed E-state index contributed by atoms with van der Waals surface area (Å²) in [4.78, 5) is 33.2. The van der Waals surface area contributed by atoms with E-state index in [0.29, 0.717) is 22.6 Å². The molecule has 0 saturated heterocycles. The van der Waals surface area contributed by atoms with Crippen LogP contribution in [0.25, 0.3) is 0 Å². The SMILES string of the molecule is O=C(N/N=C\c1ccc2c(c1)OCO2)c1nn(Cc2ccc([N+](=O)[O-])cc2)cc1[N+](=O)[O-]. The minimum atomic E-state index is -0.865. The number of nitrogens with one attached hydrogen (secondary N) is 1. The quantitative estimate of drug-likeness (QED) is 0.333. The Morgan fingerprint density at radius 3 is 2.59 bits per heavy atom. The predicted molar refractivity (Wildman–Crippen MR) is 109 cm³/mol. The second-order valence-corrected chi connectivity index (χ2v) is 6.55. The van der Waals surface area contributed by atoms with E-state index >= 15 is 0 Å². The van der Waals surface area contributed by atoms with Crippen LogP contribution < -0.4 is 14.9 Å². The Labute approximate surface area is 179 Å². The van der Waals surface area contributed by atoms with Gasteiger partial charge < -0.3 is 9.47 Å². The van der Waals surface area contributed by atoms with Gasteiger partial charge in [0.1, 0.15) is 6.20 Å². The van der Waals surface area contributed by atoms with Crippen molar-refractivity contribution in [1.29, 1.82) is 0 Å². The molecule has 1 aromatic heterocycles. The molecule has 4 rings (SSSR count). The van der Waals surface area contributed by atoms with Crippen molar-refractivity contribution in [2.75, 3.05) is 6.79 Å². The van der Waals surface area contributed by atoms with Crippen LogP contribution in [0.4, 0.5) is 11.4 Å². The minimum absolute atomic E-state index is 0.0760. The molecule has 1 aliphatic heterocycles. The number of hydrogen-bond donors (Lipinski definition) is 1. The molecule has 13 heteroatoms. The molecular formula is C19H14N6O7. The van der Waals surface area contributed by atoms with Crippen molar-refractivity contribution in [1.82, 2.24) is 15.2 Å². The molecule has 0 fully saturated rings. The lowest BCUT2D eigenvalue weighted by Crippen LogP contribution is -2.19. The first-order chi connectivity index (χ1) is 15.4. The molecule has 3 aromatic rings. The number of nitro benzene ring substituents is 1. The average molecular weight is 438 g/mol. The maximum Gasteiger partial charge on any atom is 0.320 e. The van der Waals surface area contributed by atoms with E-state index in [4.69, 9.17) is 9.47 Å². The number of amides is 1. The summed E-state index contributed by atoms with van der Waals surface area (Å²) >= 11 is 0. The zero-order chi connectivity index (χ0) is 22.7. The van der Waals surface area contributed by atoms with Crippen LogP contribution in [-0.2, 0) is 6.54 Å². The Morgan fingerprint density at radius 2 is 1.88 bits per heavy atom. The van der Waals surface area contributed by atoms with Crippen molar-refractivity contribution < 1.29 is 24.1 Å². The average Bonchev–Trinajstić information content (AvgIpc) is 3.41. The molecule has 0 unspecified atom stereocenters. The summed E-state index contributed by atoms with van der Waals surface area (Å²) in [6.07, 6.45) is 2.46. The van der Waals surface area contributed by atoms with Crippen molar-refractivity contribution >= 4 is 23.5 Å². The van der Waals surface area contributed by atoms with Crippen LogP contribution in [0.5, 0.6) is 11.5 Å². The minimum Gasteiger partial charge on any atom is -0.454 e. The van der Waals surface area contributed by atoms with E-state index in [1.54, 1.807) is 18.2 Å². The number of non-ortho nitro benzene ring substituents is 1. The molecule has 0 saturated carbocycles. The fourth-order valence-electron chi connectivity index (χ4n) is 2.91. The van der Waals surface area contributed by atoms with Crippen molar-refractivity contribution in [3.8, 4) is 11.5 Å². The number of benzene rings is 2. The normalized spacial score (nSPS) is 12.1. The fraction of sp³-hybridized carbons (Fsp3) is 0.105. The summed E-state index contributed by atoms with van der Waals surface area (Å²) < 4.78 is 11.7. The summed E-state index contributed by atoms with van der Waals surface area (Å²) in [5, 5.41) is 29.9. The van der Waals surface area contributed by atoms with Crippen LogP contribution in [0.15, 0.2) is 53.8 Å². The van der Waals surface area contributed by atoms with Crippen LogP contribution in [0.3, 0.4) is 0 Å². The Morgan fingerprint density at radius 1 is 1.12 bits per heavy atom. The van der Waals surface area contributed by atoms with Crippen LogP contribution in [-0.4, -0.2) is 38.5 Å². The molecular weight excluding hydrogens is 424 g/mol. The first kappa shape index (κ1) is 20.5. The van der Waals surface area contributed by atoms with Gasteiger partial charge in [0.05, 0.1) is 22.6 Å². The molecule has 0 aliphatic carbocycles. The molecule has 32 heavy (non-hydrogen) atoms. The van der Waals surface area contributed by atoms with Crippen molar-refractivity contribution in [2.24, 2.45) is 5.10 Å². The van der Waals surface area contributed by atoms with E-state index in [-0.39, 0.29) is 19.0 Å². The smallest absolute Gasteiger partial charge is 0.320 e. The number of nitrogens with zero attached hydrogens (tertiary/aromatic N) is 5. The molecule has 1 aliphatic rings. The molecule has 0 radical (unpaired) electrons. The maximum atomic E-state index is 12.4. The number of carbonyl (C=O) groups excluding carboxylic acids is 1. The number of hydrogen-bond acceptors (Lipinski definition) is 9. The number of fused-ring (bicyclic) bond motifs is 1. The Bertz CT molecular complexity index is 1240. The lowest BCUT2D eigenvalue weighted by atomic mass is 10.2. The number of ether oxygens (including phenoxy) is 2. The molecule has 162 valence electrons. The Kier molecular flexibility index (Phi) is 5.44. The molecule has 1 N–H and O–H groups in total. The number of carbonyl (C=O) groups is 1. The van der Waals surface area contributed by atoms with Crippen LogP contribution in [0, 0.1) is 20.2 Å². The Balaban J connectivity index is 1.47. The van der Waals surface area contributed by atoms with Gasteiger partial charge in [0.2, 0.25) is 12.5 Å². The second-order valence-electron chi connectivity index (χ2n) is 6.55. The zero-order valence-corrected chi connectivity index (χ0v) is 16.2. The van der Waals surface area contributed by atoms with E-state index in [2.05, 4.69) is 15.6 Å². The van der Waals surface area contributed by atoms with Crippen molar-refractivity contribution in [2.45, 2.75) is 6.54 Å². The monoisotopic (exact) mass is 438 g/mol. The number of nitro groups is 2. The highest BCUT2D eigenvalue weighted by Crippen LogP contribution is 2.32. The summed E-state index contributed by atoms with van der Waals surface area (Å²) in [7, 11) is 0. The number of rotatable bonds is 7. The van der Waals surface area contributed by atoms with E-state index in [0.717, 1.165) is 6.20 Å². The highest BCUT2D eigenvalue weighted by molar-refractivity contribution is 5.96. The maximum absolute atomic E-state index is 12.4. The summed E-state index contributed by atoms with van der Waals surface area (Å²) in [6.45, 7) is 0.200. The van der Waals surface area contributed by atoms with Crippen molar-refractivity contribution in [3.63, 3.8) is 0 Å². The first-order valence-electron chi connectivity index (χ1n) is 9.09. The first-order valence-corrected chi connectivity index (χ1v) is 9.09. The molecule has 13 nitrogen and oxygen atoms in total. The summed E-state index contributed by atoms with van der Waals surface area (Å²) in [5.74, 6) is 0.275. The van der Waals surface area contributed by atoms with E-state index in [1.807, 2.05) is 0 Å². The highest BCUT2D eigenvalue weighted by atomic mass is 16.7. The van der Waals surface area contributed by atoms with Gasteiger partial charge in [-0.2, -0.15) is 10.2 Å². The summed E-state index contributed by atoms with van der Waals surface area (Å²) in [6, 6.07) is 10.7. The van der Waals surface area contributed by atoms with Crippen LogP contribution in [0.2, 0.25) is 0 Å². The number of hydrazone groups is 1. The summed E-state index contributed by atoms with van der Waals surface area (Å²) in [5.41, 5.74) is 2.44. The third kappa shape index (κ3) is 4.35. The standard InChI is InChI=1S/C19H14N6O7/c26-19(21-20-8-13-3-6-16-17(7-13)32-11-31-16)18-15(25(29)30)10-23(22-18)9-12-1-4-14(5-2-12)24(27)28/h1-8,10H,9,11H2,(H,21,26)/b20-8-. The third-order valence-electron chi connectivity index (χ3n) is 4.42. The van der Waals surface area contributed by atoms with Crippen LogP contribution in [0.1, 0.15) is 21.6 Å². The molecule has 2 aromatic carbocycles. The van der Waals surface area contributed by atoms with Gasteiger partial charge in [0.15, 0.2) is 11.5 Å². The largest absolute Gasteiger partial charge is 0.454 e. The van der Waals surface area contributed by atoms with Gasteiger partial charge in [-0.25, -0.2) is 5.43 Å². The van der Waals surface area contributed by atoms with E-state index in [9.17, 15) is 25.0 Å². The van der Waals surface area contributed by atoms with Gasteiger partial charge in [-0.15, -0.1) is 0 Å². The van der Waals surface area contributed by atoms with E-state index in [1.165, 1.54) is 35.2 Å². The van der Waals surface area contributed by atoms with Gasteiger partial charge >= 0.3 is 5.69 Å². The molecule has 1 amide bonds. The van der Waals surface area contributed by atoms with Crippen LogP contribution >= 0.6 is 0 Å². The molecule has 0 spiro atoms. The van der Waals surface area contributed by atoms with E-state index < -0.39 is 27.1 Å². The lowest BCUT2D eigenvalue weighted by Gasteiger charge is -2.01. The number of aromatic nitrogens is 2. The van der Waals surface area contributed by atoms with Gasteiger partial charge in [-0.05, 0) is 29.3 Å². The fourth-order valence-corrected chi connectivity index (χ4v) is 2.91. The Hall–Kier alpha value is -4.81. The van der Waals surface area contributed by atoms with Gasteiger partial charge in [-0.1, -0.05) is 12.1 Å². The van der Waals surface area contributed by atoms with Crippen molar-refractivity contribution in [3.05, 3.63) is 85.7 Å². The predicted octanol–water partition coefficient (Wildman–Crippen LogP) is 2.24. The molecule has 2 heterocycles. The molecule has 0 atom stereocenters. The highest BCUT2D eigenvalue weighted by Gasteiger charge is 2.25. The van der Waals surface area contributed by atoms with Gasteiger partial charge in [0.25, 0.3) is 11.6 Å².